The third kappa shape index (κ3) is 1.67. The SMILES string of the molecule is S=P(S)(S)C1CC2CCC1C2. The van der Waals surface area contributed by atoms with Crippen LogP contribution in [0.25, 0.3) is 0 Å². The van der Waals surface area contributed by atoms with Gasteiger partial charge in [-0.3, -0.25) is 0 Å². The molecule has 2 saturated carbocycles. The number of hydrogen-bond acceptors (Lipinski definition) is 1. The lowest BCUT2D eigenvalue weighted by atomic mass is 10.0. The molecule has 2 aliphatic rings. The van der Waals surface area contributed by atoms with E-state index in [0.717, 1.165) is 11.8 Å². The lowest BCUT2D eigenvalue weighted by molar-refractivity contribution is 0.490. The fourth-order valence-corrected chi connectivity index (χ4v) is 6.49. The van der Waals surface area contributed by atoms with Gasteiger partial charge in [0.1, 0.15) is 0 Å². The second-order valence-electron chi connectivity index (χ2n) is 3.83. The minimum Gasteiger partial charge on any atom is -0.131 e. The number of hydrogen-bond donors (Lipinski definition) is 2. The molecule has 3 atom stereocenters. The summed E-state index contributed by atoms with van der Waals surface area (Å²) in [6.45, 7) is 0. The summed E-state index contributed by atoms with van der Waals surface area (Å²) in [5.41, 5.74) is 0.697. The second kappa shape index (κ2) is 2.94. The van der Waals surface area contributed by atoms with Gasteiger partial charge >= 0.3 is 0 Å². The molecule has 11 heavy (non-hydrogen) atoms. The summed E-state index contributed by atoms with van der Waals surface area (Å²) in [6.07, 6.45) is 5.59. The molecule has 2 fully saturated rings. The highest BCUT2D eigenvalue weighted by molar-refractivity contribution is 8.92. The molecule has 4 heteroatoms. The molecule has 3 unspecified atom stereocenters. The Kier molecular flexibility index (Phi) is 2.38. The maximum absolute atomic E-state index is 5.35. The molecule has 0 spiro atoms. The molecular formula is C7H13PS3. The highest BCUT2D eigenvalue weighted by Gasteiger charge is 2.43. The van der Waals surface area contributed by atoms with Crippen LogP contribution in [0.15, 0.2) is 0 Å². The lowest BCUT2D eigenvalue weighted by Gasteiger charge is -2.26. The third-order valence-electron chi connectivity index (χ3n) is 3.13. The number of thiol groups is 2. The van der Waals surface area contributed by atoms with Crippen LogP contribution in [0.4, 0.5) is 0 Å². The number of rotatable bonds is 1. The van der Waals surface area contributed by atoms with Crippen molar-refractivity contribution < 1.29 is 0 Å². The monoisotopic (exact) mass is 224 g/mol. The highest BCUT2D eigenvalue weighted by Crippen LogP contribution is 2.69. The Bertz CT molecular complexity index is 210. The zero-order chi connectivity index (χ0) is 8.06. The maximum Gasteiger partial charge on any atom is 0.0546 e. The van der Waals surface area contributed by atoms with Crippen LogP contribution in [0.2, 0.25) is 0 Å². The van der Waals surface area contributed by atoms with Gasteiger partial charge in [0.05, 0.1) is 4.44 Å². The Labute approximate surface area is 83.8 Å². The topological polar surface area (TPSA) is 0 Å². The molecule has 0 aliphatic heterocycles. The van der Waals surface area contributed by atoms with Gasteiger partial charge in [0, 0.05) is 5.66 Å². The lowest BCUT2D eigenvalue weighted by Crippen LogP contribution is -2.12. The van der Waals surface area contributed by atoms with Crippen molar-refractivity contribution in [2.45, 2.75) is 31.3 Å². The van der Waals surface area contributed by atoms with Crippen LogP contribution in [0.5, 0.6) is 0 Å². The predicted molar refractivity (Wildman–Crippen MR) is 61.5 cm³/mol. The van der Waals surface area contributed by atoms with E-state index in [-0.39, 0.29) is 0 Å². The molecule has 0 aromatic carbocycles. The normalized spacial score (nSPS) is 43.3. The van der Waals surface area contributed by atoms with Crippen LogP contribution in [0, 0.1) is 11.8 Å². The zero-order valence-corrected chi connectivity index (χ0v) is 9.81. The standard InChI is InChI=1S/C7H13PS3/c9-8(10,11)7-4-5-1-2-6(7)3-5/h5-7H,1-4H2,(H2,9,10,11). The average molecular weight is 224 g/mol. The first-order valence-corrected chi connectivity index (χ1v) is 9.30. The van der Waals surface area contributed by atoms with Gasteiger partial charge in [-0.15, -0.1) is 24.5 Å². The van der Waals surface area contributed by atoms with Gasteiger partial charge in [0.2, 0.25) is 0 Å². The fraction of sp³-hybridized carbons (Fsp3) is 1.00. The summed E-state index contributed by atoms with van der Waals surface area (Å²) in [5, 5.41) is 0. The molecule has 0 N–H and O–H groups in total. The van der Waals surface area contributed by atoms with Gasteiger partial charge in [0.25, 0.3) is 0 Å². The molecule has 0 aromatic heterocycles. The van der Waals surface area contributed by atoms with Crippen molar-refractivity contribution in [3.05, 3.63) is 0 Å². The molecule has 0 amide bonds. The zero-order valence-electron chi connectivity index (χ0n) is 6.31. The van der Waals surface area contributed by atoms with Gasteiger partial charge in [-0.25, -0.2) is 0 Å². The molecule has 0 heterocycles. The van der Waals surface area contributed by atoms with Crippen LogP contribution in [-0.2, 0) is 11.8 Å². The molecule has 2 bridgehead atoms. The van der Waals surface area contributed by atoms with E-state index in [4.69, 9.17) is 11.8 Å². The van der Waals surface area contributed by atoms with Crippen molar-refractivity contribution in [1.82, 2.24) is 0 Å². The molecule has 0 saturated heterocycles. The molecule has 0 radical (unpaired) electrons. The Hall–Kier alpha value is 1.35. The predicted octanol–water partition coefficient (Wildman–Crippen LogP) is 3.34. The Morgan fingerprint density at radius 2 is 1.91 bits per heavy atom. The van der Waals surface area contributed by atoms with E-state index in [2.05, 4.69) is 24.5 Å². The Morgan fingerprint density at radius 3 is 2.18 bits per heavy atom. The summed E-state index contributed by atoms with van der Waals surface area (Å²) in [7, 11) is 0. The summed E-state index contributed by atoms with van der Waals surface area (Å²) in [5.74, 6) is 1.87. The van der Waals surface area contributed by atoms with Crippen molar-refractivity contribution in [3.63, 3.8) is 0 Å². The van der Waals surface area contributed by atoms with Crippen LogP contribution in [0.3, 0.4) is 0 Å². The molecule has 0 nitrogen and oxygen atoms in total. The van der Waals surface area contributed by atoms with Gasteiger partial charge in [-0.1, -0.05) is 18.2 Å². The third-order valence-corrected chi connectivity index (χ3v) is 7.22. The number of fused-ring (bicyclic) bond motifs is 2. The van der Waals surface area contributed by atoms with Crippen molar-refractivity contribution >= 4 is 40.7 Å². The van der Waals surface area contributed by atoms with Gasteiger partial charge in [-0.2, -0.15) is 0 Å². The molecule has 2 rings (SSSR count). The average Bonchev–Trinajstić information content (AvgIpc) is 2.42. The van der Waals surface area contributed by atoms with E-state index in [1.54, 1.807) is 0 Å². The van der Waals surface area contributed by atoms with Crippen LogP contribution < -0.4 is 0 Å². The molecule has 0 aromatic rings. The first-order chi connectivity index (χ1) is 5.07. The van der Waals surface area contributed by atoms with E-state index < -0.39 is 4.44 Å². The Balaban J connectivity index is 2.14. The first-order valence-electron chi connectivity index (χ1n) is 4.12. The quantitative estimate of drug-likeness (QED) is 0.509. The maximum atomic E-state index is 5.35. The van der Waals surface area contributed by atoms with Crippen molar-refractivity contribution in [3.8, 4) is 0 Å². The van der Waals surface area contributed by atoms with Crippen molar-refractivity contribution in [1.29, 1.82) is 0 Å². The van der Waals surface area contributed by atoms with E-state index >= 15 is 0 Å². The summed E-state index contributed by atoms with van der Waals surface area (Å²) < 4.78 is -1.53. The van der Waals surface area contributed by atoms with E-state index in [9.17, 15) is 0 Å². The molecule has 64 valence electrons. The summed E-state index contributed by atoms with van der Waals surface area (Å²) in [4.78, 5) is 0. The van der Waals surface area contributed by atoms with Crippen LogP contribution in [-0.4, -0.2) is 5.66 Å². The van der Waals surface area contributed by atoms with Gasteiger partial charge in [0.15, 0.2) is 0 Å². The first kappa shape index (κ1) is 8.93. The van der Waals surface area contributed by atoms with Crippen molar-refractivity contribution in [2.75, 3.05) is 0 Å². The minimum atomic E-state index is -1.53. The highest BCUT2D eigenvalue weighted by atomic mass is 33.2. The van der Waals surface area contributed by atoms with Crippen molar-refractivity contribution in [2.24, 2.45) is 11.8 Å². The van der Waals surface area contributed by atoms with Gasteiger partial charge in [-0.05, 0) is 31.1 Å². The van der Waals surface area contributed by atoms with E-state index in [1.165, 1.54) is 25.7 Å². The fourth-order valence-electron chi connectivity index (χ4n) is 2.62. The summed E-state index contributed by atoms with van der Waals surface area (Å²) in [6, 6.07) is 0. The van der Waals surface area contributed by atoms with Crippen LogP contribution >= 0.6 is 28.9 Å². The van der Waals surface area contributed by atoms with E-state index in [0.29, 0.717) is 5.66 Å². The molecule has 2 aliphatic carbocycles. The smallest absolute Gasteiger partial charge is 0.0546 e. The minimum absolute atomic E-state index is 0.697. The van der Waals surface area contributed by atoms with Gasteiger partial charge < -0.3 is 0 Å². The molecular weight excluding hydrogens is 211 g/mol. The Morgan fingerprint density at radius 1 is 1.18 bits per heavy atom. The second-order valence-corrected chi connectivity index (χ2v) is 13.8. The van der Waals surface area contributed by atoms with Crippen LogP contribution in [0.1, 0.15) is 25.7 Å². The summed E-state index contributed by atoms with van der Waals surface area (Å²) >= 11 is 14.3. The largest absolute Gasteiger partial charge is 0.131 e. The van der Waals surface area contributed by atoms with E-state index in [1.807, 2.05) is 0 Å².